The summed E-state index contributed by atoms with van der Waals surface area (Å²) in [5, 5.41) is 0. The highest BCUT2D eigenvalue weighted by atomic mass is 16.5. The van der Waals surface area contributed by atoms with Crippen LogP contribution in [-0.4, -0.2) is 52.7 Å². The summed E-state index contributed by atoms with van der Waals surface area (Å²) in [6.07, 6.45) is 1.63. The van der Waals surface area contributed by atoms with Crippen molar-refractivity contribution in [1.29, 1.82) is 0 Å². The van der Waals surface area contributed by atoms with Crippen molar-refractivity contribution < 1.29 is 14.3 Å². The number of piperidine rings is 1. The summed E-state index contributed by atoms with van der Waals surface area (Å²) in [5.74, 6) is 2.08. The van der Waals surface area contributed by atoms with E-state index in [9.17, 15) is 4.79 Å². The Kier molecular flexibility index (Phi) is 3.92. The third-order valence-electron chi connectivity index (χ3n) is 5.67. The van der Waals surface area contributed by atoms with Crippen LogP contribution in [-0.2, 0) is 9.53 Å². The molecular formula is C20H21N5O3. The number of aromatic amines is 1. The number of benzene rings is 1. The van der Waals surface area contributed by atoms with Crippen molar-refractivity contribution in [2.45, 2.75) is 6.92 Å². The van der Waals surface area contributed by atoms with E-state index in [-0.39, 0.29) is 11.9 Å². The molecule has 1 aliphatic carbocycles. The summed E-state index contributed by atoms with van der Waals surface area (Å²) in [6, 6.07) is 7.77. The van der Waals surface area contributed by atoms with Gasteiger partial charge < -0.3 is 19.4 Å². The molecular weight excluding hydrogens is 358 g/mol. The number of hydrogen-bond acceptors (Lipinski definition) is 7. The maximum atomic E-state index is 12.0. The van der Waals surface area contributed by atoms with Crippen molar-refractivity contribution in [3.63, 3.8) is 0 Å². The number of methoxy groups -OCH3 is 1. The Labute approximate surface area is 161 Å². The minimum absolute atomic E-state index is 0.0337. The number of hydrogen-bond donors (Lipinski definition) is 1. The summed E-state index contributed by atoms with van der Waals surface area (Å²) in [6.45, 7) is 3.82. The summed E-state index contributed by atoms with van der Waals surface area (Å²) in [4.78, 5) is 31.1. The maximum absolute atomic E-state index is 12.0. The van der Waals surface area contributed by atoms with Crippen molar-refractivity contribution in [1.82, 2.24) is 19.9 Å². The Bertz CT molecular complexity index is 1020. The molecule has 1 N–H and O–H groups in total. The number of esters is 1. The second-order valence-corrected chi connectivity index (χ2v) is 7.21. The first kappa shape index (κ1) is 17.0. The van der Waals surface area contributed by atoms with Crippen LogP contribution in [0, 0.1) is 17.8 Å². The van der Waals surface area contributed by atoms with Gasteiger partial charge in [0.15, 0.2) is 5.65 Å². The molecule has 1 saturated heterocycles. The monoisotopic (exact) mass is 379 g/mol. The average Bonchev–Trinajstić information content (AvgIpc) is 3.06. The van der Waals surface area contributed by atoms with Gasteiger partial charge in [0.2, 0.25) is 5.95 Å². The first-order valence-corrected chi connectivity index (χ1v) is 9.46. The van der Waals surface area contributed by atoms with Crippen LogP contribution in [0.3, 0.4) is 0 Å². The van der Waals surface area contributed by atoms with Crippen molar-refractivity contribution in [3.8, 4) is 17.0 Å². The molecule has 1 saturated carbocycles. The highest BCUT2D eigenvalue weighted by molar-refractivity contribution is 5.88. The molecule has 144 valence electrons. The number of carbonyl (C=O) groups excluding carboxylic acids is 1. The molecule has 0 amide bonds. The maximum Gasteiger partial charge on any atom is 0.309 e. The van der Waals surface area contributed by atoms with E-state index in [0.717, 1.165) is 35.6 Å². The molecule has 2 aliphatic rings. The first-order chi connectivity index (χ1) is 13.7. The highest BCUT2D eigenvalue weighted by Crippen LogP contribution is 2.52. The Morgan fingerprint density at radius 3 is 2.64 bits per heavy atom. The van der Waals surface area contributed by atoms with E-state index < -0.39 is 0 Å². The number of fused-ring (bicyclic) bond motifs is 2. The quantitative estimate of drug-likeness (QED) is 0.680. The number of imidazole rings is 1. The number of H-pyrrole nitrogens is 1. The molecule has 2 aromatic heterocycles. The molecule has 8 nitrogen and oxygen atoms in total. The van der Waals surface area contributed by atoms with E-state index in [4.69, 9.17) is 14.5 Å². The Balaban J connectivity index is 1.43. The van der Waals surface area contributed by atoms with Gasteiger partial charge >= 0.3 is 5.97 Å². The molecule has 2 atom stereocenters. The van der Waals surface area contributed by atoms with Crippen LogP contribution in [0.5, 0.6) is 5.75 Å². The Hall–Kier alpha value is -3.16. The Morgan fingerprint density at radius 2 is 1.96 bits per heavy atom. The smallest absolute Gasteiger partial charge is 0.309 e. The number of anilines is 1. The SMILES string of the molecule is CCOC(=O)C1C2CN(c3nc(-c4ccc(OC)cc4)c4[nH]cnc4n3)CC21. The van der Waals surface area contributed by atoms with Crippen LogP contribution < -0.4 is 9.64 Å². The van der Waals surface area contributed by atoms with Crippen LogP contribution in [0.4, 0.5) is 5.95 Å². The lowest BCUT2D eigenvalue weighted by molar-refractivity contribution is -0.145. The van der Waals surface area contributed by atoms with Gasteiger partial charge in [-0.3, -0.25) is 4.79 Å². The molecule has 0 radical (unpaired) electrons. The van der Waals surface area contributed by atoms with Gasteiger partial charge in [0.1, 0.15) is 17.0 Å². The van der Waals surface area contributed by atoms with E-state index in [0.29, 0.717) is 30.0 Å². The normalized spacial score (nSPS) is 22.9. The zero-order valence-electron chi connectivity index (χ0n) is 15.8. The van der Waals surface area contributed by atoms with Crippen LogP contribution in [0.1, 0.15) is 6.92 Å². The summed E-state index contributed by atoms with van der Waals surface area (Å²) in [5.41, 5.74) is 3.22. The average molecular weight is 379 g/mol. The van der Waals surface area contributed by atoms with Gasteiger partial charge in [0.05, 0.1) is 26.0 Å². The molecule has 5 rings (SSSR count). The predicted molar refractivity (Wildman–Crippen MR) is 103 cm³/mol. The molecule has 8 heteroatoms. The summed E-state index contributed by atoms with van der Waals surface area (Å²) in [7, 11) is 1.65. The molecule has 28 heavy (non-hydrogen) atoms. The van der Waals surface area contributed by atoms with Gasteiger partial charge in [0, 0.05) is 18.7 Å². The number of aromatic nitrogens is 4. The summed E-state index contributed by atoms with van der Waals surface area (Å²) >= 11 is 0. The second kappa shape index (κ2) is 6.47. The topological polar surface area (TPSA) is 93.2 Å². The predicted octanol–water partition coefficient (Wildman–Crippen LogP) is 2.27. The van der Waals surface area contributed by atoms with Crippen molar-refractivity contribution in [2.24, 2.45) is 17.8 Å². The molecule has 0 spiro atoms. The van der Waals surface area contributed by atoms with Crippen molar-refractivity contribution in [2.75, 3.05) is 31.7 Å². The van der Waals surface area contributed by atoms with Gasteiger partial charge in [-0.1, -0.05) is 0 Å². The third-order valence-corrected chi connectivity index (χ3v) is 5.67. The number of nitrogens with zero attached hydrogens (tertiary/aromatic N) is 4. The van der Waals surface area contributed by atoms with Gasteiger partial charge in [-0.25, -0.2) is 9.97 Å². The van der Waals surface area contributed by atoms with Gasteiger partial charge in [0.25, 0.3) is 0 Å². The van der Waals surface area contributed by atoms with E-state index in [2.05, 4.69) is 19.9 Å². The number of ether oxygens (including phenoxy) is 2. The minimum Gasteiger partial charge on any atom is -0.497 e. The fourth-order valence-electron chi connectivity index (χ4n) is 4.20. The number of carbonyl (C=O) groups is 1. The molecule has 3 heterocycles. The number of nitrogens with one attached hydrogen (secondary N) is 1. The molecule has 3 aromatic rings. The zero-order chi connectivity index (χ0) is 19.3. The lowest BCUT2D eigenvalue weighted by Gasteiger charge is -2.20. The van der Waals surface area contributed by atoms with Crippen molar-refractivity contribution in [3.05, 3.63) is 30.6 Å². The van der Waals surface area contributed by atoms with E-state index in [1.807, 2.05) is 31.2 Å². The highest BCUT2D eigenvalue weighted by Gasteiger charge is 2.60. The summed E-state index contributed by atoms with van der Waals surface area (Å²) < 4.78 is 10.4. The van der Waals surface area contributed by atoms with E-state index in [1.54, 1.807) is 13.4 Å². The lowest BCUT2D eigenvalue weighted by atomic mass is 10.1. The van der Waals surface area contributed by atoms with Gasteiger partial charge in [-0.05, 0) is 43.0 Å². The van der Waals surface area contributed by atoms with Crippen LogP contribution in [0.2, 0.25) is 0 Å². The van der Waals surface area contributed by atoms with Crippen LogP contribution >= 0.6 is 0 Å². The molecule has 2 unspecified atom stereocenters. The van der Waals surface area contributed by atoms with E-state index in [1.165, 1.54) is 0 Å². The van der Waals surface area contributed by atoms with Gasteiger partial charge in [-0.2, -0.15) is 4.98 Å². The third kappa shape index (κ3) is 2.67. The molecule has 2 fully saturated rings. The lowest BCUT2D eigenvalue weighted by Crippen LogP contribution is -2.28. The Morgan fingerprint density at radius 1 is 1.21 bits per heavy atom. The van der Waals surface area contributed by atoms with Crippen LogP contribution in [0.15, 0.2) is 30.6 Å². The number of rotatable bonds is 5. The standard InChI is InChI=1S/C20H21N5O3/c1-3-28-19(26)15-13-8-25(9-14(13)15)20-23-16(17-18(24-20)22-10-21-17)11-4-6-12(27-2)7-5-11/h4-7,10,13-15H,3,8-9H2,1-2H3,(H,21,22,23,24). The molecule has 1 aromatic carbocycles. The first-order valence-electron chi connectivity index (χ1n) is 9.46. The van der Waals surface area contributed by atoms with Crippen LogP contribution in [0.25, 0.3) is 22.4 Å². The largest absolute Gasteiger partial charge is 0.497 e. The van der Waals surface area contributed by atoms with E-state index >= 15 is 0 Å². The zero-order valence-corrected chi connectivity index (χ0v) is 15.8. The fraction of sp³-hybridized carbons (Fsp3) is 0.400. The van der Waals surface area contributed by atoms with Gasteiger partial charge in [-0.15, -0.1) is 0 Å². The fourth-order valence-corrected chi connectivity index (χ4v) is 4.20. The molecule has 1 aliphatic heterocycles. The molecule has 0 bridgehead atoms. The minimum atomic E-state index is -0.0697. The second-order valence-electron chi connectivity index (χ2n) is 7.21. The van der Waals surface area contributed by atoms with Crippen molar-refractivity contribution >= 4 is 23.1 Å².